The molecule has 0 saturated heterocycles. The number of nitrogen functional groups attached to an aromatic ring is 1. The van der Waals surface area contributed by atoms with Crippen molar-refractivity contribution in [2.24, 2.45) is 5.92 Å². The SMILES string of the molecule is Nc1c(Cl)cc(C(O)CNCCCCC(CCc2ccsc2)C(=O)O)cc1Cl. The fraction of sp³-hybridized carbons (Fsp3) is 0.450. The maximum atomic E-state index is 11.4. The number of aliphatic hydroxyl groups excluding tert-OH is 1. The lowest BCUT2D eigenvalue weighted by atomic mass is 9.95. The summed E-state index contributed by atoms with van der Waals surface area (Å²) in [6.45, 7) is 1.06. The number of thiophene rings is 1. The van der Waals surface area contributed by atoms with Crippen LogP contribution in [-0.2, 0) is 11.2 Å². The molecular formula is C20H26Cl2N2O3S. The first-order valence-corrected chi connectivity index (χ1v) is 11.0. The number of carbonyl (C=O) groups is 1. The molecule has 0 aliphatic rings. The summed E-state index contributed by atoms with van der Waals surface area (Å²) in [5.74, 6) is -1.04. The number of halogens is 2. The van der Waals surface area contributed by atoms with E-state index >= 15 is 0 Å². The minimum Gasteiger partial charge on any atom is -0.481 e. The first-order valence-electron chi connectivity index (χ1n) is 9.25. The number of aryl methyl sites for hydroxylation is 1. The number of unbranched alkanes of at least 4 members (excludes halogenated alkanes) is 1. The molecule has 5 N–H and O–H groups in total. The molecule has 0 fully saturated rings. The number of benzene rings is 1. The van der Waals surface area contributed by atoms with E-state index in [2.05, 4.69) is 10.7 Å². The molecule has 8 heteroatoms. The number of nitrogens with one attached hydrogen (secondary N) is 1. The number of aliphatic hydroxyl groups is 1. The normalized spacial score (nSPS) is 13.4. The molecule has 0 saturated carbocycles. The summed E-state index contributed by atoms with van der Waals surface area (Å²) in [7, 11) is 0. The van der Waals surface area contributed by atoms with Crippen LogP contribution in [0.1, 0.15) is 42.9 Å². The lowest BCUT2D eigenvalue weighted by molar-refractivity contribution is -0.142. The summed E-state index contributed by atoms with van der Waals surface area (Å²) in [5.41, 5.74) is 7.81. The minimum atomic E-state index is -0.743. The summed E-state index contributed by atoms with van der Waals surface area (Å²) < 4.78 is 0. The van der Waals surface area contributed by atoms with Gasteiger partial charge in [-0.2, -0.15) is 11.3 Å². The van der Waals surface area contributed by atoms with E-state index in [9.17, 15) is 15.0 Å². The smallest absolute Gasteiger partial charge is 0.306 e. The lowest BCUT2D eigenvalue weighted by Gasteiger charge is -2.15. The van der Waals surface area contributed by atoms with Gasteiger partial charge in [0.25, 0.3) is 0 Å². The molecule has 1 aromatic heterocycles. The van der Waals surface area contributed by atoms with Gasteiger partial charge in [0, 0.05) is 6.54 Å². The van der Waals surface area contributed by atoms with Crippen LogP contribution in [0, 0.1) is 5.92 Å². The number of carboxylic acids is 1. The van der Waals surface area contributed by atoms with Crippen LogP contribution in [0.3, 0.4) is 0 Å². The predicted molar refractivity (Wildman–Crippen MR) is 116 cm³/mol. The highest BCUT2D eigenvalue weighted by molar-refractivity contribution is 7.07. The predicted octanol–water partition coefficient (Wildman–Crippen LogP) is 4.76. The van der Waals surface area contributed by atoms with Gasteiger partial charge in [-0.05, 0) is 72.3 Å². The second-order valence-electron chi connectivity index (χ2n) is 6.82. The Morgan fingerprint density at radius 3 is 2.54 bits per heavy atom. The van der Waals surface area contributed by atoms with Gasteiger partial charge in [0.15, 0.2) is 0 Å². The van der Waals surface area contributed by atoms with Gasteiger partial charge in [0.1, 0.15) is 0 Å². The molecule has 2 aromatic rings. The number of carboxylic acid groups (broad SMARTS) is 1. The van der Waals surface area contributed by atoms with Crippen LogP contribution < -0.4 is 11.1 Å². The van der Waals surface area contributed by atoms with Gasteiger partial charge in [-0.15, -0.1) is 0 Å². The second kappa shape index (κ2) is 11.6. The van der Waals surface area contributed by atoms with Crippen LogP contribution in [0.25, 0.3) is 0 Å². The van der Waals surface area contributed by atoms with E-state index in [1.807, 2.05) is 11.4 Å². The van der Waals surface area contributed by atoms with Gasteiger partial charge in [0.2, 0.25) is 0 Å². The van der Waals surface area contributed by atoms with Crippen molar-refractivity contribution >= 4 is 46.2 Å². The molecule has 1 aromatic carbocycles. The molecule has 28 heavy (non-hydrogen) atoms. The molecule has 0 radical (unpaired) electrons. The topological polar surface area (TPSA) is 95.6 Å². The van der Waals surface area contributed by atoms with Crippen molar-refractivity contribution in [2.75, 3.05) is 18.8 Å². The van der Waals surface area contributed by atoms with Crippen LogP contribution in [0.15, 0.2) is 29.0 Å². The quantitative estimate of drug-likeness (QED) is 0.279. The minimum absolute atomic E-state index is 0.305. The Balaban J connectivity index is 1.65. The Morgan fingerprint density at radius 2 is 1.93 bits per heavy atom. The van der Waals surface area contributed by atoms with Gasteiger partial charge in [-0.25, -0.2) is 0 Å². The lowest BCUT2D eigenvalue weighted by Crippen LogP contribution is -2.23. The Labute approximate surface area is 179 Å². The molecule has 154 valence electrons. The van der Waals surface area contributed by atoms with Crippen LogP contribution >= 0.6 is 34.5 Å². The zero-order chi connectivity index (χ0) is 20.5. The Bertz CT molecular complexity index is 733. The van der Waals surface area contributed by atoms with E-state index in [0.29, 0.717) is 47.2 Å². The molecule has 2 rings (SSSR count). The van der Waals surface area contributed by atoms with E-state index in [-0.39, 0.29) is 5.92 Å². The van der Waals surface area contributed by atoms with Crippen molar-refractivity contribution in [3.8, 4) is 0 Å². The Morgan fingerprint density at radius 1 is 1.21 bits per heavy atom. The van der Waals surface area contributed by atoms with E-state index in [1.165, 1.54) is 5.56 Å². The summed E-state index contributed by atoms with van der Waals surface area (Å²) in [5, 5.41) is 27.5. The highest BCUT2D eigenvalue weighted by Crippen LogP contribution is 2.31. The van der Waals surface area contributed by atoms with Crippen LogP contribution in [0.5, 0.6) is 0 Å². The highest BCUT2D eigenvalue weighted by atomic mass is 35.5. The molecule has 2 unspecified atom stereocenters. The van der Waals surface area contributed by atoms with Crippen molar-refractivity contribution in [1.82, 2.24) is 5.32 Å². The van der Waals surface area contributed by atoms with Gasteiger partial charge in [0.05, 0.1) is 27.8 Å². The molecule has 0 bridgehead atoms. The summed E-state index contributed by atoms with van der Waals surface area (Å²) in [6.07, 6.45) is 3.05. The van der Waals surface area contributed by atoms with E-state index in [1.54, 1.807) is 23.5 Å². The molecule has 0 aliphatic heterocycles. The molecule has 0 amide bonds. The monoisotopic (exact) mass is 444 g/mol. The largest absolute Gasteiger partial charge is 0.481 e. The highest BCUT2D eigenvalue weighted by Gasteiger charge is 2.17. The summed E-state index contributed by atoms with van der Waals surface area (Å²) >= 11 is 13.6. The van der Waals surface area contributed by atoms with Gasteiger partial charge in [-0.1, -0.05) is 29.6 Å². The third-order valence-electron chi connectivity index (χ3n) is 4.69. The van der Waals surface area contributed by atoms with Crippen molar-refractivity contribution in [3.05, 3.63) is 50.1 Å². The molecule has 2 atom stereocenters. The standard InChI is InChI=1S/C20H26Cl2N2O3S/c21-16-9-15(10-17(22)19(16)23)18(25)11-24-7-2-1-3-14(20(26)27)5-4-13-6-8-28-12-13/h6,8-10,12,14,18,24-25H,1-5,7,11,23H2,(H,26,27). The summed E-state index contributed by atoms with van der Waals surface area (Å²) in [4.78, 5) is 11.4. The third kappa shape index (κ3) is 7.26. The van der Waals surface area contributed by atoms with Crippen LogP contribution in [0.2, 0.25) is 10.0 Å². The number of hydrogen-bond donors (Lipinski definition) is 4. The average Bonchev–Trinajstić information content (AvgIpc) is 3.17. The fourth-order valence-corrected chi connectivity index (χ4v) is 4.17. The molecule has 5 nitrogen and oxygen atoms in total. The zero-order valence-electron chi connectivity index (χ0n) is 15.5. The maximum Gasteiger partial charge on any atom is 0.306 e. The van der Waals surface area contributed by atoms with Gasteiger partial charge >= 0.3 is 5.97 Å². The fourth-order valence-electron chi connectivity index (χ4n) is 2.96. The van der Waals surface area contributed by atoms with Crippen molar-refractivity contribution in [3.63, 3.8) is 0 Å². The average molecular weight is 445 g/mol. The maximum absolute atomic E-state index is 11.4. The first kappa shape index (κ1) is 23.0. The molecular weight excluding hydrogens is 419 g/mol. The number of anilines is 1. The van der Waals surface area contributed by atoms with Crippen molar-refractivity contribution in [2.45, 2.75) is 38.2 Å². The Kier molecular flexibility index (Phi) is 9.55. The number of aliphatic carboxylic acids is 1. The summed E-state index contributed by atoms with van der Waals surface area (Å²) in [6, 6.07) is 5.26. The van der Waals surface area contributed by atoms with E-state index in [4.69, 9.17) is 28.9 Å². The third-order valence-corrected chi connectivity index (χ3v) is 6.05. The van der Waals surface area contributed by atoms with E-state index < -0.39 is 12.1 Å². The van der Waals surface area contributed by atoms with Crippen molar-refractivity contribution in [1.29, 1.82) is 0 Å². The number of rotatable bonds is 12. The first-order chi connectivity index (χ1) is 13.4. The zero-order valence-corrected chi connectivity index (χ0v) is 17.9. The van der Waals surface area contributed by atoms with Crippen LogP contribution in [0.4, 0.5) is 5.69 Å². The van der Waals surface area contributed by atoms with Crippen LogP contribution in [-0.4, -0.2) is 29.3 Å². The van der Waals surface area contributed by atoms with E-state index in [0.717, 1.165) is 19.3 Å². The Hall–Kier alpha value is -1.31. The van der Waals surface area contributed by atoms with Crippen molar-refractivity contribution < 1.29 is 15.0 Å². The van der Waals surface area contributed by atoms with Gasteiger partial charge < -0.3 is 21.3 Å². The molecule has 0 aliphatic carbocycles. The molecule has 1 heterocycles. The van der Waals surface area contributed by atoms with Gasteiger partial charge in [-0.3, -0.25) is 4.79 Å². The number of hydrogen-bond acceptors (Lipinski definition) is 5. The molecule has 0 spiro atoms. The number of nitrogens with two attached hydrogens (primary N) is 1. The second-order valence-corrected chi connectivity index (χ2v) is 8.41.